The lowest BCUT2D eigenvalue weighted by Gasteiger charge is -2.44. The van der Waals surface area contributed by atoms with Crippen molar-refractivity contribution in [1.29, 1.82) is 0 Å². The van der Waals surface area contributed by atoms with Crippen LogP contribution >= 0.6 is 0 Å². The van der Waals surface area contributed by atoms with E-state index in [4.69, 9.17) is 0 Å². The van der Waals surface area contributed by atoms with E-state index in [1.807, 2.05) is 0 Å². The molecular formula is C20H32Si2. The summed E-state index contributed by atoms with van der Waals surface area (Å²) in [6.45, 7) is 19.8. The van der Waals surface area contributed by atoms with Gasteiger partial charge < -0.3 is 0 Å². The molecule has 1 aliphatic heterocycles. The van der Waals surface area contributed by atoms with Crippen molar-refractivity contribution < 1.29 is 0 Å². The molecular weight excluding hydrogens is 296 g/mol. The Bertz CT molecular complexity index is 524. The van der Waals surface area contributed by atoms with E-state index in [2.05, 4.69) is 78.2 Å². The lowest BCUT2D eigenvalue weighted by atomic mass is 9.98. The summed E-state index contributed by atoms with van der Waals surface area (Å²) in [5.74, 6) is 2.80. The molecule has 0 bridgehead atoms. The molecule has 1 saturated heterocycles. The second-order valence-electron chi connectivity index (χ2n) is 9.21. The lowest BCUT2D eigenvalue weighted by molar-refractivity contribution is 0.554. The van der Waals surface area contributed by atoms with Crippen LogP contribution in [-0.4, -0.2) is 16.1 Å². The highest BCUT2D eigenvalue weighted by Gasteiger charge is 2.52. The van der Waals surface area contributed by atoms with Gasteiger partial charge in [0.25, 0.3) is 0 Å². The van der Waals surface area contributed by atoms with E-state index in [1.165, 1.54) is 0 Å². The van der Waals surface area contributed by atoms with Gasteiger partial charge in [0.15, 0.2) is 0 Å². The average Bonchev–Trinajstić information content (AvgIpc) is 3.03. The molecule has 3 aliphatic rings. The molecule has 2 heteroatoms. The van der Waals surface area contributed by atoms with E-state index in [0.29, 0.717) is 11.8 Å². The standard InChI is InChI=1S/C20H32Si2/c1-13(2)15-9-17-18(10-15)22(7,8)20-12-16(14(3)4)11-19(20)21(17,5)6/h9-16H,1-8H3. The summed E-state index contributed by atoms with van der Waals surface area (Å²) in [5, 5.41) is 7.15. The van der Waals surface area contributed by atoms with Crippen molar-refractivity contribution in [1.82, 2.24) is 0 Å². The Balaban J connectivity index is 2.17. The lowest BCUT2D eigenvalue weighted by Crippen LogP contribution is -2.49. The van der Waals surface area contributed by atoms with Crippen LogP contribution in [0.1, 0.15) is 27.7 Å². The molecule has 0 spiro atoms. The SMILES string of the molecule is CC(C)C1C=C2C(=C1)[Si](C)(C)C1=CC(C(C)C)C=C1[Si]2(C)C. The maximum atomic E-state index is 2.65. The normalized spacial score (nSPS) is 26.6. The summed E-state index contributed by atoms with van der Waals surface area (Å²) < 4.78 is 0. The second kappa shape index (κ2) is 4.94. The van der Waals surface area contributed by atoms with Crippen LogP contribution in [-0.2, 0) is 0 Å². The molecule has 1 fully saturated rings. The van der Waals surface area contributed by atoms with Crippen LogP contribution < -0.4 is 0 Å². The number of allylic oxidation sites excluding steroid dienone is 8. The van der Waals surface area contributed by atoms with Crippen molar-refractivity contribution in [2.75, 3.05) is 0 Å². The molecule has 0 aromatic carbocycles. The van der Waals surface area contributed by atoms with Crippen LogP contribution in [0.5, 0.6) is 0 Å². The first-order valence-corrected chi connectivity index (χ1v) is 15.0. The molecule has 0 atom stereocenters. The first kappa shape index (κ1) is 16.3. The molecule has 0 nitrogen and oxygen atoms in total. The fourth-order valence-corrected chi connectivity index (χ4v) is 14.3. The van der Waals surface area contributed by atoms with Gasteiger partial charge in [-0.25, -0.2) is 0 Å². The summed E-state index contributed by atoms with van der Waals surface area (Å²) in [5.41, 5.74) is 0. The molecule has 0 radical (unpaired) electrons. The zero-order valence-electron chi connectivity index (χ0n) is 15.6. The van der Waals surface area contributed by atoms with Crippen molar-refractivity contribution in [2.24, 2.45) is 23.7 Å². The van der Waals surface area contributed by atoms with E-state index in [0.717, 1.165) is 11.8 Å². The summed E-state index contributed by atoms with van der Waals surface area (Å²) in [6, 6.07) is 0. The molecule has 2 aliphatic carbocycles. The quantitative estimate of drug-likeness (QED) is 0.558. The Morgan fingerprint density at radius 3 is 1.00 bits per heavy atom. The highest BCUT2D eigenvalue weighted by Crippen LogP contribution is 2.53. The maximum absolute atomic E-state index is 2.65. The van der Waals surface area contributed by atoms with Crippen molar-refractivity contribution in [3.63, 3.8) is 0 Å². The van der Waals surface area contributed by atoms with Crippen molar-refractivity contribution in [3.8, 4) is 0 Å². The monoisotopic (exact) mass is 328 g/mol. The minimum atomic E-state index is -1.49. The maximum Gasteiger partial charge on any atom is 0.111 e. The number of fused-ring (bicyclic) bond motifs is 2. The van der Waals surface area contributed by atoms with Crippen molar-refractivity contribution in [3.05, 3.63) is 45.1 Å². The fourth-order valence-electron chi connectivity index (χ4n) is 4.47. The van der Waals surface area contributed by atoms with Crippen LogP contribution in [0.25, 0.3) is 0 Å². The van der Waals surface area contributed by atoms with Crippen LogP contribution in [0.3, 0.4) is 0 Å². The van der Waals surface area contributed by atoms with Crippen LogP contribution in [0.2, 0.25) is 26.2 Å². The largest absolute Gasteiger partial charge is 0.111 e. The van der Waals surface area contributed by atoms with Gasteiger partial charge in [0.2, 0.25) is 0 Å². The van der Waals surface area contributed by atoms with Gasteiger partial charge in [-0.2, -0.15) is 0 Å². The van der Waals surface area contributed by atoms with Crippen molar-refractivity contribution in [2.45, 2.75) is 53.9 Å². The first-order valence-electron chi connectivity index (χ1n) is 8.96. The molecule has 22 heavy (non-hydrogen) atoms. The predicted molar refractivity (Wildman–Crippen MR) is 104 cm³/mol. The highest BCUT2D eigenvalue weighted by atomic mass is 28.3. The van der Waals surface area contributed by atoms with Crippen molar-refractivity contribution >= 4 is 16.1 Å². The Morgan fingerprint density at radius 1 is 0.591 bits per heavy atom. The average molecular weight is 329 g/mol. The van der Waals surface area contributed by atoms with Gasteiger partial charge in [0, 0.05) is 0 Å². The molecule has 0 unspecified atom stereocenters. The van der Waals surface area contributed by atoms with E-state index in [1.54, 1.807) is 20.8 Å². The van der Waals surface area contributed by atoms with E-state index < -0.39 is 16.1 Å². The molecule has 3 rings (SSSR count). The molecule has 0 aromatic rings. The van der Waals surface area contributed by atoms with Gasteiger partial charge in [-0.15, -0.1) is 0 Å². The molecule has 0 amide bonds. The van der Waals surface area contributed by atoms with Crippen LogP contribution in [0.4, 0.5) is 0 Å². The highest BCUT2D eigenvalue weighted by molar-refractivity contribution is 7.06. The van der Waals surface area contributed by atoms with Gasteiger partial charge in [-0.05, 0) is 23.7 Å². The smallest absolute Gasteiger partial charge is 0.0778 e. The third-order valence-electron chi connectivity index (χ3n) is 6.25. The zero-order chi connectivity index (χ0) is 16.4. The minimum absolute atomic E-state index is 0.671. The predicted octanol–water partition coefficient (Wildman–Crippen LogP) is 5.85. The zero-order valence-corrected chi connectivity index (χ0v) is 17.6. The molecule has 1 heterocycles. The van der Waals surface area contributed by atoms with Gasteiger partial charge >= 0.3 is 0 Å². The Morgan fingerprint density at radius 2 is 0.818 bits per heavy atom. The van der Waals surface area contributed by atoms with Gasteiger partial charge in [-0.3, -0.25) is 0 Å². The topological polar surface area (TPSA) is 0 Å². The molecule has 0 N–H and O–H groups in total. The van der Waals surface area contributed by atoms with E-state index >= 15 is 0 Å². The Kier molecular flexibility index (Phi) is 3.65. The van der Waals surface area contributed by atoms with Crippen LogP contribution in [0.15, 0.2) is 45.1 Å². The summed E-state index contributed by atoms with van der Waals surface area (Å²) in [4.78, 5) is 0. The van der Waals surface area contributed by atoms with Crippen LogP contribution in [0, 0.1) is 23.7 Å². The first-order chi connectivity index (χ1) is 10.1. The summed E-state index contributed by atoms with van der Waals surface area (Å²) in [7, 11) is -2.99. The number of rotatable bonds is 2. The van der Waals surface area contributed by atoms with E-state index in [9.17, 15) is 0 Å². The Hall–Kier alpha value is -0.606. The van der Waals surface area contributed by atoms with Gasteiger partial charge in [0.05, 0.1) is 0 Å². The molecule has 120 valence electrons. The molecule has 0 aromatic heterocycles. The summed E-state index contributed by atoms with van der Waals surface area (Å²) in [6.07, 6.45) is 10.6. The molecule has 0 saturated carbocycles. The van der Waals surface area contributed by atoms with Gasteiger partial charge in [0.1, 0.15) is 16.1 Å². The fraction of sp³-hybridized carbons (Fsp3) is 0.600. The van der Waals surface area contributed by atoms with Gasteiger partial charge in [-0.1, -0.05) is 99.0 Å². The van der Waals surface area contributed by atoms with E-state index in [-0.39, 0.29) is 0 Å². The summed E-state index contributed by atoms with van der Waals surface area (Å²) >= 11 is 0. The third kappa shape index (κ3) is 2.14. The number of hydrogen-bond acceptors (Lipinski definition) is 0. The Labute approximate surface area is 139 Å². The second-order valence-corrected chi connectivity index (χ2v) is 17.9. The number of hydrogen-bond donors (Lipinski definition) is 0. The third-order valence-corrected chi connectivity index (χ3v) is 13.9. The minimum Gasteiger partial charge on any atom is -0.0778 e.